The fourth-order valence-electron chi connectivity index (χ4n) is 2.55. The lowest BCUT2D eigenvalue weighted by Crippen LogP contribution is -2.30. The lowest BCUT2D eigenvalue weighted by molar-refractivity contribution is -0.114. The van der Waals surface area contributed by atoms with Crippen LogP contribution in [0.3, 0.4) is 0 Å². The smallest absolute Gasteiger partial charge is 0.251 e. The molecular formula is C19H16N2OS. The highest BCUT2D eigenvalue weighted by molar-refractivity contribution is 7.99. The first kappa shape index (κ1) is 15.4. The summed E-state index contributed by atoms with van der Waals surface area (Å²) < 4.78 is 0. The third kappa shape index (κ3) is 3.46. The lowest BCUT2D eigenvalue weighted by Gasteiger charge is -2.20. The van der Waals surface area contributed by atoms with Gasteiger partial charge >= 0.3 is 0 Å². The SMILES string of the molecule is N#Cc1ccccc1/C=C/C(=O)N1CCCSc2ccccc21. The van der Waals surface area contributed by atoms with E-state index in [2.05, 4.69) is 12.1 Å². The zero-order valence-electron chi connectivity index (χ0n) is 12.6. The molecule has 0 fully saturated rings. The summed E-state index contributed by atoms with van der Waals surface area (Å²) in [5, 5.41) is 9.12. The molecular weight excluding hydrogens is 304 g/mol. The summed E-state index contributed by atoms with van der Waals surface area (Å²) in [5.41, 5.74) is 2.31. The summed E-state index contributed by atoms with van der Waals surface area (Å²) in [5.74, 6) is 0.967. The summed E-state index contributed by atoms with van der Waals surface area (Å²) in [6, 6.07) is 17.4. The van der Waals surface area contributed by atoms with Crippen LogP contribution < -0.4 is 4.90 Å². The van der Waals surface area contributed by atoms with Gasteiger partial charge in [-0.1, -0.05) is 30.3 Å². The second-order valence-electron chi connectivity index (χ2n) is 5.19. The number of carbonyl (C=O) groups excluding carboxylic acids is 1. The predicted octanol–water partition coefficient (Wildman–Crippen LogP) is 4.10. The summed E-state index contributed by atoms with van der Waals surface area (Å²) in [4.78, 5) is 15.6. The summed E-state index contributed by atoms with van der Waals surface area (Å²) in [7, 11) is 0. The molecule has 1 amide bonds. The van der Waals surface area contributed by atoms with Crippen molar-refractivity contribution in [3.8, 4) is 6.07 Å². The molecule has 3 nitrogen and oxygen atoms in total. The average molecular weight is 320 g/mol. The van der Waals surface area contributed by atoms with Crippen molar-refractivity contribution in [1.29, 1.82) is 5.26 Å². The standard InChI is InChI=1S/C19H16N2OS/c20-14-16-7-2-1-6-15(16)10-11-19(22)21-12-5-13-23-18-9-4-3-8-17(18)21/h1-4,6-11H,5,12-13H2/b11-10+. The van der Waals surface area contributed by atoms with Crippen molar-refractivity contribution in [2.45, 2.75) is 11.3 Å². The monoisotopic (exact) mass is 320 g/mol. The van der Waals surface area contributed by atoms with E-state index in [1.807, 2.05) is 41.3 Å². The van der Waals surface area contributed by atoms with Crippen LogP contribution in [0.2, 0.25) is 0 Å². The van der Waals surface area contributed by atoms with Crippen LogP contribution in [0.25, 0.3) is 6.08 Å². The largest absolute Gasteiger partial charge is 0.308 e. The number of amides is 1. The number of nitrogens with zero attached hydrogens (tertiary/aromatic N) is 2. The van der Waals surface area contributed by atoms with E-state index in [0.717, 1.165) is 28.3 Å². The molecule has 114 valence electrons. The Morgan fingerprint density at radius 1 is 1.17 bits per heavy atom. The summed E-state index contributed by atoms with van der Waals surface area (Å²) in [6.07, 6.45) is 4.25. The number of rotatable bonds is 2. The maximum absolute atomic E-state index is 12.6. The maximum Gasteiger partial charge on any atom is 0.251 e. The second kappa shape index (κ2) is 7.17. The predicted molar refractivity (Wildman–Crippen MR) is 94.3 cm³/mol. The Morgan fingerprint density at radius 3 is 2.83 bits per heavy atom. The summed E-state index contributed by atoms with van der Waals surface area (Å²) in [6.45, 7) is 0.715. The molecule has 3 rings (SSSR count). The van der Waals surface area contributed by atoms with Gasteiger partial charge in [-0.3, -0.25) is 4.79 Å². The molecule has 1 heterocycles. The Hall–Kier alpha value is -2.51. The quantitative estimate of drug-likeness (QED) is 0.783. The molecule has 1 aliphatic heterocycles. The number of para-hydroxylation sites is 1. The Labute approximate surface area is 140 Å². The average Bonchev–Trinajstić information content (AvgIpc) is 2.82. The van der Waals surface area contributed by atoms with Crippen molar-refractivity contribution < 1.29 is 4.79 Å². The van der Waals surface area contributed by atoms with E-state index in [9.17, 15) is 4.79 Å². The van der Waals surface area contributed by atoms with Crippen molar-refractivity contribution in [3.05, 3.63) is 65.7 Å². The van der Waals surface area contributed by atoms with Gasteiger partial charge in [0.2, 0.25) is 0 Å². The van der Waals surface area contributed by atoms with Gasteiger partial charge in [0.1, 0.15) is 0 Å². The highest BCUT2D eigenvalue weighted by Gasteiger charge is 2.19. The van der Waals surface area contributed by atoms with Crippen LogP contribution in [-0.4, -0.2) is 18.2 Å². The first-order valence-corrected chi connectivity index (χ1v) is 8.48. The maximum atomic E-state index is 12.6. The Morgan fingerprint density at radius 2 is 1.96 bits per heavy atom. The molecule has 2 aromatic rings. The molecule has 2 aromatic carbocycles. The normalized spacial score (nSPS) is 14.1. The van der Waals surface area contributed by atoms with E-state index >= 15 is 0 Å². The molecule has 23 heavy (non-hydrogen) atoms. The molecule has 1 aliphatic rings. The van der Waals surface area contributed by atoms with Crippen LogP contribution in [0.15, 0.2) is 59.5 Å². The Balaban J connectivity index is 1.86. The van der Waals surface area contributed by atoms with Gasteiger partial charge in [-0.05, 0) is 42.0 Å². The molecule has 4 heteroatoms. The van der Waals surface area contributed by atoms with Gasteiger partial charge in [0.05, 0.1) is 17.3 Å². The highest BCUT2D eigenvalue weighted by atomic mass is 32.2. The van der Waals surface area contributed by atoms with Crippen LogP contribution >= 0.6 is 11.8 Å². The third-order valence-corrected chi connectivity index (χ3v) is 4.84. The fourth-order valence-corrected chi connectivity index (χ4v) is 3.55. The number of fused-ring (bicyclic) bond motifs is 1. The zero-order chi connectivity index (χ0) is 16.1. The molecule has 0 spiro atoms. The Kier molecular flexibility index (Phi) is 4.80. The van der Waals surface area contributed by atoms with Crippen molar-refractivity contribution in [2.75, 3.05) is 17.2 Å². The number of carbonyl (C=O) groups is 1. The highest BCUT2D eigenvalue weighted by Crippen LogP contribution is 2.33. The fraction of sp³-hybridized carbons (Fsp3) is 0.158. The van der Waals surface area contributed by atoms with Gasteiger partial charge in [-0.15, -0.1) is 11.8 Å². The van der Waals surface area contributed by atoms with Crippen molar-refractivity contribution >= 4 is 29.4 Å². The molecule has 0 radical (unpaired) electrons. The number of anilines is 1. The number of nitriles is 1. The summed E-state index contributed by atoms with van der Waals surface area (Å²) >= 11 is 1.79. The minimum Gasteiger partial charge on any atom is -0.308 e. The van der Waals surface area contributed by atoms with Gasteiger partial charge in [0, 0.05) is 17.5 Å². The molecule has 0 saturated carbocycles. The van der Waals surface area contributed by atoms with Crippen LogP contribution in [-0.2, 0) is 4.79 Å². The first-order valence-electron chi connectivity index (χ1n) is 7.50. The topological polar surface area (TPSA) is 44.1 Å². The van der Waals surface area contributed by atoms with Gasteiger partial charge in [-0.25, -0.2) is 0 Å². The zero-order valence-corrected chi connectivity index (χ0v) is 13.4. The lowest BCUT2D eigenvalue weighted by atomic mass is 10.1. The number of hydrogen-bond donors (Lipinski definition) is 0. The van der Waals surface area contributed by atoms with Gasteiger partial charge < -0.3 is 4.90 Å². The molecule has 0 atom stereocenters. The van der Waals surface area contributed by atoms with E-state index < -0.39 is 0 Å². The van der Waals surface area contributed by atoms with E-state index in [4.69, 9.17) is 5.26 Å². The molecule has 0 N–H and O–H groups in total. The van der Waals surface area contributed by atoms with Crippen LogP contribution in [0.4, 0.5) is 5.69 Å². The number of benzene rings is 2. The van der Waals surface area contributed by atoms with Crippen molar-refractivity contribution in [2.24, 2.45) is 0 Å². The van der Waals surface area contributed by atoms with Gasteiger partial charge in [0.25, 0.3) is 5.91 Å². The third-order valence-electron chi connectivity index (χ3n) is 3.69. The molecule has 0 aromatic heterocycles. The van der Waals surface area contributed by atoms with E-state index in [1.165, 1.54) is 0 Å². The second-order valence-corrected chi connectivity index (χ2v) is 6.33. The van der Waals surface area contributed by atoms with Crippen molar-refractivity contribution in [1.82, 2.24) is 0 Å². The Bertz CT molecular complexity index is 792. The van der Waals surface area contributed by atoms with Crippen LogP contribution in [0.5, 0.6) is 0 Å². The molecule has 0 saturated heterocycles. The van der Waals surface area contributed by atoms with E-state index in [-0.39, 0.29) is 5.91 Å². The van der Waals surface area contributed by atoms with Gasteiger partial charge in [-0.2, -0.15) is 5.26 Å². The van der Waals surface area contributed by atoms with E-state index in [1.54, 1.807) is 30.0 Å². The van der Waals surface area contributed by atoms with Crippen LogP contribution in [0, 0.1) is 11.3 Å². The molecule has 0 aliphatic carbocycles. The van der Waals surface area contributed by atoms with Crippen molar-refractivity contribution in [3.63, 3.8) is 0 Å². The van der Waals surface area contributed by atoms with Gasteiger partial charge in [0.15, 0.2) is 0 Å². The van der Waals surface area contributed by atoms with E-state index in [0.29, 0.717) is 12.1 Å². The first-order chi connectivity index (χ1) is 11.3. The minimum absolute atomic E-state index is 0.0484. The molecule has 0 unspecified atom stereocenters. The minimum atomic E-state index is -0.0484. The number of hydrogen-bond acceptors (Lipinski definition) is 3. The number of thioether (sulfide) groups is 1. The molecule has 0 bridgehead atoms. The van der Waals surface area contributed by atoms with Crippen LogP contribution in [0.1, 0.15) is 17.5 Å².